The lowest BCUT2D eigenvalue weighted by molar-refractivity contribution is 0.0737. The molecule has 3 aromatic rings. The van der Waals surface area contributed by atoms with Gasteiger partial charge in [0.05, 0.1) is 17.3 Å². The van der Waals surface area contributed by atoms with Gasteiger partial charge >= 0.3 is 0 Å². The number of fused-ring (bicyclic) bond motifs is 1. The van der Waals surface area contributed by atoms with Crippen molar-refractivity contribution in [2.45, 2.75) is 32.7 Å². The number of hydrogen-bond acceptors (Lipinski definition) is 3. The van der Waals surface area contributed by atoms with Gasteiger partial charge in [-0.15, -0.1) is 0 Å². The van der Waals surface area contributed by atoms with Crippen molar-refractivity contribution in [1.82, 2.24) is 19.7 Å². The van der Waals surface area contributed by atoms with Crippen molar-refractivity contribution in [2.24, 2.45) is 7.05 Å². The predicted octanol–water partition coefficient (Wildman–Crippen LogP) is 3.56. The second-order valence-corrected chi connectivity index (χ2v) is 6.74. The van der Waals surface area contributed by atoms with Gasteiger partial charge < -0.3 is 4.90 Å². The molecule has 1 unspecified atom stereocenters. The van der Waals surface area contributed by atoms with Gasteiger partial charge in [0.2, 0.25) is 0 Å². The van der Waals surface area contributed by atoms with Crippen LogP contribution in [0.3, 0.4) is 0 Å². The highest BCUT2D eigenvalue weighted by molar-refractivity contribution is 6.06. The van der Waals surface area contributed by atoms with Gasteiger partial charge in [-0.2, -0.15) is 5.10 Å². The molecule has 5 heteroatoms. The Balaban J connectivity index is 1.76. The first-order valence-corrected chi connectivity index (χ1v) is 8.72. The second kappa shape index (κ2) is 5.99. The summed E-state index contributed by atoms with van der Waals surface area (Å²) in [5.41, 5.74) is 4.95. The fourth-order valence-electron chi connectivity index (χ4n) is 4.03. The number of rotatable bonds is 2. The van der Waals surface area contributed by atoms with Crippen LogP contribution in [0.15, 0.2) is 36.5 Å². The van der Waals surface area contributed by atoms with Crippen LogP contribution in [0.1, 0.15) is 46.2 Å². The van der Waals surface area contributed by atoms with Crippen LogP contribution in [0.2, 0.25) is 0 Å². The lowest BCUT2D eigenvalue weighted by Crippen LogP contribution is -2.31. The highest BCUT2D eigenvalue weighted by Crippen LogP contribution is 2.37. The van der Waals surface area contributed by atoms with E-state index in [0.717, 1.165) is 47.2 Å². The number of benzene rings is 1. The van der Waals surface area contributed by atoms with Gasteiger partial charge in [0.25, 0.3) is 5.91 Å². The van der Waals surface area contributed by atoms with Crippen molar-refractivity contribution in [2.75, 3.05) is 6.54 Å². The summed E-state index contributed by atoms with van der Waals surface area (Å²) in [7, 11) is 1.96. The van der Waals surface area contributed by atoms with Gasteiger partial charge in [0.15, 0.2) is 0 Å². The van der Waals surface area contributed by atoms with E-state index in [1.54, 1.807) is 6.20 Å². The zero-order valence-corrected chi connectivity index (χ0v) is 14.9. The van der Waals surface area contributed by atoms with Crippen LogP contribution in [0.25, 0.3) is 10.9 Å². The van der Waals surface area contributed by atoms with E-state index in [-0.39, 0.29) is 11.9 Å². The molecule has 0 aliphatic carbocycles. The molecule has 1 fully saturated rings. The molecule has 0 radical (unpaired) electrons. The van der Waals surface area contributed by atoms with Crippen molar-refractivity contribution in [1.29, 1.82) is 0 Å². The molecule has 0 N–H and O–H groups in total. The number of aryl methyl sites for hydroxylation is 2. The summed E-state index contributed by atoms with van der Waals surface area (Å²) >= 11 is 0. The van der Waals surface area contributed by atoms with Crippen molar-refractivity contribution >= 4 is 16.8 Å². The van der Waals surface area contributed by atoms with E-state index in [1.165, 1.54) is 5.56 Å². The fraction of sp³-hybridized carbons (Fsp3) is 0.350. The molecule has 0 saturated carbocycles. The third kappa shape index (κ3) is 2.51. The number of carbonyl (C=O) groups is 1. The topological polar surface area (TPSA) is 51.0 Å². The van der Waals surface area contributed by atoms with Crippen molar-refractivity contribution in [3.63, 3.8) is 0 Å². The molecular weight excluding hydrogens is 312 g/mol. The second-order valence-electron chi connectivity index (χ2n) is 6.74. The van der Waals surface area contributed by atoms with Crippen LogP contribution >= 0.6 is 0 Å². The Morgan fingerprint density at radius 1 is 1.20 bits per heavy atom. The zero-order chi connectivity index (χ0) is 17.6. The third-order valence-corrected chi connectivity index (χ3v) is 5.29. The molecule has 25 heavy (non-hydrogen) atoms. The molecule has 5 nitrogen and oxygen atoms in total. The van der Waals surface area contributed by atoms with E-state index >= 15 is 0 Å². The number of pyridine rings is 1. The standard InChI is InChI=1S/C20H22N4O/c1-13-19(14(2)23(3)22-13)18-10-6-12-24(18)20(25)16-7-4-9-17-15(16)8-5-11-21-17/h4-5,7-9,11,18H,6,10,12H2,1-3H3. The Bertz CT molecular complexity index is 954. The Kier molecular flexibility index (Phi) is 3.79. The van der Waals surface area contributed by atoms with Crippen molar-refractivity contribution in [3.05, 3.63) is 59.0 Å². The molecule has 1 aliphatic rings. The third-order valence-electron chi connectivity index (χ3n) is 5.29. The molecule has 1 aromatic carbocycles. The predicted molar refractivity (Wildman–Crippen MR) is 97.4 cm³/mol. The average molecular weight is 334 g/mol. The molecule has 2 aromatic heterocycles. The summed E-state index contributed by atoms with van der Waals surface area (Å²) in [5, 5.41) is 5.46. The van der Waals surface area contributed by atoms with E-state index in [4.69, 9.17) is 0 Å². The molecule has 1 aliphatic heterocycles. The molecule has 4 rings (SSSR count). The highest BCUT2D eigenvalue weighted by atomic mass is 16.2. The average Bonchev–Trinajstić information content (AvgIpc) is 3.18. The van der Waals surface area contributed by atoms with Gasteiger partial charge in [-0.1, -0.05) is 12.1 Å². The van der Waals surface area contributed by atoms with Gasteiger partial charge in [-0.3, -0.25) is 14.5 Å². The van der Waals surface area contributed by atoms with Gasteiger partial charge in [0.1, 0.15) is 0 Å². The Labute approximate surface area is 147 Å². The maximum atomic E-state index is 13.3. The van der Waals surface area contributed by atoms with E-state index in [9.17, 15) is 4.79 Å². The minimum atomic E-state index is 0.0868. The minimum absolute atomic E-state index is 0.0868. The number of nitrogens with zero attached hydrogens (tertiary/aromatic N) is 4. The van der Waals surface area contributed by atoms with Crippen LogP contribution in [0, 0.1) is 13.8 Å². The molecule has 0 spiro atoms. The minimum Gasteiger partial charge on any atom is -0.331 e. The van der Waals surface area contributed by atoms with Crippen LogP contribution in [0.4, 0.5) is 0 Å². The van der Waals surface area contributed by atoms with Crippen LogP contribution < -0.4 is 0 Å². The van der Waals surface area contributed by atoms with Gasteiger partial charge in [-0.05, 0) is 44.9 Å². The van der Waals surface area contributed by atoms with Gasteiger partial charge in [-0.25, -0.2) is 0 Å². The molecule has 3 heterocycles. The van der Waals surface area contributed by atoms with Crippen LogP contribution in [0.5, 0.6) is 0 Å². The van der Waals surface area contributed by atoms with Gasteiger partial charge in [0, 0.05) is 42.0 Å². The first-order valence-electron chi connectivity index (χ1n) is 8.72. The molecule has 1 atom stereocenters. The summed E-state index contributed by atoms with van der Waals surface area (Å²) in [6.45, 7) is 4.90. The quantitative estimate of drug-likeness (QED) is 0.720. The number of likely N-dealkylation sites (tertiary alicyclic amines) is 1. The highest BCUT2D eigenvalue weighted by Gasteiger charge is 2.34. The normalized spacial score (nSPS) is 17.4. The fourth-order valence-corrected chi connectivity index (χ4v) is 4.03. The van der Waals surface area contributed by atoms with Crippen LogP contribution in [-0.2, 0) is 7.05 Å². The molecule has 128 valence electrons. The van der Waals surface area contributed by atoms with E-state index in [2.05, 4.69) is 17.0 Å². The largest absolute Gasteiger partial charge is 0.331 e. The Morgan fingerprint density at radius 2 is 2.04 bits per heavy atom. The van der Waals surface area contributed by atoms with E-state index < -0.39 is 0 Å². The Morgan fingerprint density at radius 3 is 2.80 bits per heavy atom. The first-order chi connectivity index (χ1) is 12.1. The summed E-state index contributed by atoms with van der Waals surface area (Å²) < 4.78 is 1.91. The maximum Gasteiger partial charge on any atom is 0.255 e. The zero-order valence-electron chi connectivity index (χ0n) is 14.9. The summed E-state index contributed by atoms with van der Waals surface area (Å²) in [5.74, 6) is 0.0868. The van der Waals surface area contributed by atoms with Crippen molar-refractivity contribution < 1.29 is 4.79 Å². The number of amides is 1. The Hall–Kier alpha value is -2.69. The summed E-state index contributed by atoms with van der Waals surface area (Å²) in [4.78, 5) is 19.7. The summed E-state index contributed by atoms with van der Waals surface area (Å²) in [6.07, 6.45) is 3.77. The first kappa shape index (κ1) is 15.8. The number of carbonyl (C=O) groups excluding carboxylic acids is 1. The smallest absolute Gasteiger partial charge is 0.255 e. The molecule has 1 amide bonds. The van der Waals surface area contributed by atoms with Crippen molar-refractivity contribution in [3.8, 4) is 0 Å². The monoisotopic (exact) mass is 334 g/mol. The summed E-state index contributed by atoms with van der Waals surface area (Å²) in [6, 6.07) is 9.73. The number of aromatic nitrogens is 3. The molecule has 1 saturated heterocycles. The lowest BCUT2D eigenvalue weighted by Gasteiger charge is -2.26. The number of hydrogen-bond donors (Lipinski definition) is 0. The SMILES string of the molecule is Cc1nn(C)c(C)c1C1CCCN1C(=O)c1cccc2ncccc12. The molecular formula is C20H22N4O. The maximum absolute atomic E-state index is 13.3. The lowest BCUT2D eigenvalue weighted by atomic mass is 10.0. The molecule has 0 bridgehead atoms. The van der Waals surface area contributed by atoms with E-state index in [1.807, 2.05) is 53.9 Å². The van der Waals surface area contributed by atoms with Crippen LogP contribution in [-0.4, -0.2) is 32.1 Å². The van der Waals surface area contributed by atoms with E-state index in [0.29, 0.717) is 0 Å².